The number of hydrogen-bond donors (Lipinski definition) is 1. The molecule has 1 aromatic carbocycles. The summed E-state index contributed by atoms with van der Waals surface area (Å²) in [7, 11) is 0. The molecule has 3 heterocycles. The number of para-hydroxylation sites is 1. The number of benzene rings is 1. The molecule has 0 aliphatic heterocycles. The number of rotatable bonds is 2. The Kier molecular flexibility index (Phi) is 3.61. The van der Waals surface area contributed by atoms with Gasteiger partial charge < -0.3 is 4.98 Å². The first kappa shape index (κ1) is 15.5. The Bertz CT molecular complexity index is 1030. The maximum Gasteiger partial charge on any atom is 0.112 e. The fourth-order valence-corrected chi connectivity index (χ4v) is 2.87. The van der Waals surface area contributed by atoms with Gasteiger partial charge in [0.1, 0.15) is 5.82 Å². The number of nitrogens with one attached hydrogen (secondary N) is 1. The summed E-state index contributed by atoms with van der Waals surface area (Å²) in [5, 5.41) is 1.11. The van der Waals surface area contributed by atoms with Gasteiger partial charge in [0.25, 0.3) is 0 Å². The van der Waals surface area contributed by atoms with E-state index in [4.69, 9.17) is 4.98 Å². The van der Waals surface area contributed by atoms with Crippen LogP contribution in [0.3, 0.4) is 0 Å². The van der Waals surface area contributed by atoms with Crippen LogP contribution in [0.15, 0.2) is 61.1 Å². The molecule has 0 radical (unpaired) electrons. The van der Waals surface area contributed by atoms with Crippen LogP contribution in [0.1, 0.15) is 26.6 Å². The zero-order valence-electron chi connectivity index (χ0n) is 14.6. The predicted molar refractivity (Wildman–Crippen MR) is 101 cm³/mol. The third kappa shape index (κ3) is 2.91. The van der Waals surface area contributed by atoms with Crippen LogP contribution < -0.4 is 0 Å². The Morgan fingerprint density at radius 3 is 2.44 bits per heavy atom. The Labute approximate surface area is 147 Å². The maximum atomic E-state index is 4.92. The molecule has 4 rings (SSSR count). The summed E-state index contributed by atoms with van der Waals surface area (Å²) in [6.45, 7) is 6.47. The van der Waals surface area contributed by atoms with Crippen molar-refractivity contribution in [2.75, 3.05) is 0 Å². The molecule has 4 aromatic rings. The fraction of sp³-hybridized carbons (Fsp3) is 0.190. The molecule has 0 amide bonds. The van der Waals surface area contributed by atoms with E-state index in [1.165, 1.54) is 0 Å². The molecule has 0 aliphatic rings. The van der Waals surface area contributed by atoms with E-state index in [1.807, 2.05) is 36.5 Å². The van der Waals surface area contributed by atoms with Gasteiger partial charge in [-0.05, 0) is 24.3 Å². The summed E-state index contributed by atoms with van der Waals surface area (Å²) in [5.74, 6) is 0.961. The van der Waals surface area contributed by atoms with Gasteiger partial charge in [0.2, 0.25) is 0 Å². The van der Waals surface area contributed by atoms with E-state index in [1.54, 1.807) is 12.4 Å². The Balaban J connectivity index is 1.94. The molecular formula is C21H20N4. The second-order valence-electron chi connectivity index (χ2n) is 7.21. The molecule has 0 saturated heterocycles. The summed E-state index contributed by atoms with van der Waals surface area (Å²) in [6.07, 6.45) is 5.50. The quantitative estimate of drug-likeness (QED) is 0.564. The lowest BCUT2D eigenvalue weighted by molar-refractivity contribution is 0.553. The van der Waals surface area contributed by atoms with Crippen molar-refractivity contribution < 1.29 is 0 Å². The molecule has 0 spiro atoms. The molecule has 0 saturated carbocycles. The lowest BCUT2D eigenvalue weighted by Crippen LogP contribution is -2.13. The van der Waals surface area contributed by atoms with Crippen LogP contribution >= 0.6 is 0 Å². The molecule has 0 bridgehead atoms. The summed E-state index contributed by atoms with van der Waals surface area (Å²) in [4.78, 5) is 17.2. The maximum absolute atomic E-state index is 4.92. The number of hydrogen-bond acceptors (Lipinski definition) is 3. The Morgan fingerprint density at radius 1 is 0.920 bits per heavy atom. The molecule has 25 heavy (non-hydrogen) atoms. The van der Waals surface area contributed by atoms with Crippen molar-refractivity contribution in [3.8, 4) is 22.5 Å². The molecule has 0 atom stereocenters. The summed E-state index contributed by atoms with van der Waals surface area (Å²) in [5.41, 5.74) is 4.94. The van der Waals surface area contributed by atoms with Crippen molar-refractivity contribution in [3.05, 3.63) is 66.9 Å². The van der Waals surface area contributed by atoms with Crippen LogP contribution in [0.5, 0.6) is 0 Å². The highest BCUT2D eigenvalue weighted by atomic mass is 15.0. The van der Waals surface area contributed by atoms with E-state index in [9.17, 15) is 0 Å². The van der Waals surface area contributed by atoms with Crippen LogP contribution in [0, 0.1) is 0 Å². The first-order valence-corrected chi connectivity index (χ1v) is 8.38. The predicted octanol–water partition coefficient (Wildman–Crippen LogP) is 4.98. The number of aromatic amines is 1. The Hall–Kier alpha value is -3.01. The topological polar surface area (TPSA) is 54.5 Å². The van der Waals surface area contributed by atoms with E-state index in [0.717, 1.165) is 39.2 Å². The van der Waals surface area contributed by atoms with Crippen LogP contribution in [-0.2, 0) is 5.41 Å². The third-order valence-corrected chi connectivity index (χ3v) is 4.25. The molecule has 124 valence electrons. The average Bonchev–Trinajstić information content (AvgIpc) is 3.08. The molecule has 4 nitrogen and oxygen atoms in total. The smallest absolute Gasteiger partial charge is 0.112 e. The molecular weight excluding hydrogens is 308 g/mol. The van der Waals surface area contributed by atoms with Crippen LogP contribution in [0.2, 0.25) is 0 Å². The average molecular weight is 328 g/mol. The van der Waals surface area contributed by atoms with Gasteiger partial charge in [-0.15, -0.1) is 0 Å². The van der Waals surface area contributed by atoms with Gasteiger partial charge in [0, 0.05) is 40.5 Å². The largest absolute Gasteiger partial charge is 0.341 e. The van der Waals surface area contributed by atoms with Crippen molar-refractivity contribution in [1.82, 2.24) is 19.9 Å². The van der Waals surface area contributed by atoms with Gasteiger partial charge in [0.15, 0.2) is 0 Å². The number of imidazole rings is 1. The summed E-state index contributed by atoms with van der Waals surface area (Å²) in [6, 6.07) is 14.3. The second kappa shape index (κ2) is 5.81. The van der Waals surface area contributed by atoms with Crippen LogP contribution in [0.4, 0.5) is 0 Å². The highest BCUT2D eigenvalue weighted by Gasteiger charge is 2.22. The molecule has 4 heteroatoms. The molecule has 0 aliphatic carbocycles. The minimum atomic E-state index is -0.0652. The van der Waals surface area contributed by atoms with Gasteiger partial charge in [-0.1, -0.05) is 39.0 Å². The SMILES string of the molecule is CC(C)(C)c1nc(-c2cnc3ccccc3c2)c(-c2ccncc2)[nH]1. The summed E-state index contributed by atoms with van der Waals surface area (Å²) >= 11 is 0. The van der Waals surface area contributed by atoms with Crippen LogP contribution in [-0.4, -0.2) is 19.9 Å². The number of pyridine rings is 2. The van der Waals surface area contributed by atoms with E-state index >= 15 is 0 Å². The minimum Gasteiger partial charge on any atom is -0.341 e. The fourth-order valence-electron chi connectivity index (χ4n) is 2.87. The highest BCUT2D eigenvalue weighted by molar-refractivity contribution is 5.86. The van der Waals surface area contributed by atoms with E-state index in [-0.39, 0.29) is 5.41 Å². The van der Waals surface area contributed by atoms with Gasteiger partial charge in [-0.2, -0.15) is 0 Å². The lowest BCUT2D eigenvalue weighted by atomic mass is 9.96. The minimum absolute atomic E-state index is 0.0652. The number of H-pyrrole nitrogens is 1. The molecule has 1 N–H and O–H groups in total. The number of nitrogens with zero attached hydrogens (tertiary/aromatic N) is 3. The van der Waals surface area contributed by atoms with Gasteiger partial charge in [0.05, 0.1) is 16.9 Å². The first-order valence-electron chi connectivity index (χ1n) is 8.38. The van der Waals surface area contributed by atoms with Gasteiger partial charge in [-0.3, -0.25) is 9.97 Å². The van der Waals surface area contributed by atoms with Crippen molar-refractivity contribution in [3.63, 3.8) is 0 Å². The lowest BCUT2D eigenvalue weighted by Gasteiger charge is -2.14. The van der Waals surface area contributed by atoms with Crippen molar-refractivity contribution in [2.45, 2.75) is 26.2 Å². The first-order chi connectivity index (χ1) is 12.0. The van der Waals surface area contributed by atoms with Crippen LogP contribution in [0.25, 0.3) is 33.4 Å². The number of aromatic nitrogens is 4. The monoisotopic (exact) mass is 328 g/mol. The zero-order valence-corrected chi connectivity index (χ0v) is 14.6. The second-order valence-corrected chi connectivity index (χ2v) is 7.21. The normalized spacial score (nSPS) is 11.8. The van der Waals surface area contributed by atoms with E-state index in [0.29, 0.717) is 0 Å². The van der Waals surface area contributed by atoms with E-state index in [2.05, 4.69) is 47.9 Å². The van der Waals surface area contributed by atoms with Crippen molar-refractivity contribution >= 4 is 10.9 Å². The van der Waals surface area contributed by atoms with Gasteiger partial charge >= 0.3 is 0 Å². The number of fused-ring (bicyclic) bond motifs is 1. The van der Waals surface area contributed by atoms with Gasteiger partial charge in [-0.25, -0.2) is 4.98 Å². The van der Waals surface area contributed by atoms with Crippen molar-refractivity contribution in [2.24, 2.45) is 0 Å². The van der Waals surface area contributed by atoms with Crippen molar-refractivity contribution in [1.29, 1.82) is 0 Å². The molecule has 0 fully saturated rings. The molecule has 3 aromatic heterocycles. The summed E-state index contributed by atoms with van der Waals surface area (Å²) < 4.78 is 0. The zero-order chi connectivity index (χ0) is 17.4. The Morgan fingerprint density at radius 2 is 1.68 bits per heavy atom. The standard InChI is InChI=1S/C21H20N4/c1-21(2,3)20-24-18(14-8-10-22-11-9-14)19(25-20)16-12-15-6-4-5-7-17(15)23-13-16/h4-13H,1-3H3,(H,24,25). The van der Waals surface area contributed by atoms with E-state index < -0.39 is 0 Å². The highest BCUT2D eigenvalue weighted by Crippen LogP contribution is 2.33. The third-order valence-electron chi connectivity index (χ3n) is 4.25. The molecule has 0 unspecified atom stereocenters.